The van der Waals surface area contributed by atoms with Gasteiger partial charge in [-0.15, -0.1) is 0 Å². The molecule has 0 bridgehead atoms. The first-order valence-electron chi connectivity index (χ1n) is 10.5. The standard InChI is InChI=1S/C22H30N4O2/c1-2-23-22(28)21-19-14-17(25-12-10-18(27)11-13-25)8-9-20(19)26(24-21)15-16-6-4-3-5-7-16/h3-7,17-18,27H,2,8-15H2,1H3,(H,23,28)/t17-/m1/s1. The number of rotatable bonds is 5. The van der Waals surface area contributed by atoms with Crippen LogP contribution in [0.3, 0.4) is 0 Å². The predicted molar refractivity (Wildman–Crippen MR) is 108 cm³/mol. The Morgan fingerprint density at radius 2 is 1.96 bits per heavy atom. The third kappa shape index (κ3) is 3.98. The van der Waals surface area contributed by atoms with Gasteiger partial charge in [-0.1, -0.05) is 30.3 Å². The molecule has 150 valence electrons. The number of benzene rings is 1. The van der Waals surface area contributed by atoms with Gasteiger partial charge < -0.3 is 10.4 Å². The van der Waals surface area contributed by atoms with Gasteiger partial charge in [-0.2, -0.15) is 5.10 Å². The van der Waals surface area contributed by atoms with Crippen molar-refractivity contribution in [3.63, 3.8) is 0 Å². The molecule has 6 heteroatoms. The zero-order valence-electron chi connectivity index (χ0n) is 16.6. The number of amides is 1. The average molecular weight is 383 g/mol. The maximum absolute atomic E-state index is 12.7. The highest BCUT2D eigenvalue weighted by atomic mass is 16.3. The fourth-order valence-electron chi connectivity index (χ4n) is 4.55. The van der Waals surface area contributed by atoms with Gasteiger partial charge in [0, 0.05) is 36.9 Å². The molecule has 2 N–H and O–H groups in total. The molecule has 1 aliphatic heterocycles. The van der Waals surface area contributed by atoms with Gasteiger partial charge >= 0.3 is 0 Å². The molecule has 0 radical (unpaired) electrons. The van der Waals surface area contributed by atoms with Crippen LogP contribution in [-0.4, -0.2) is 57.5 Å². The van der Waals surface area contributed by atoms with E-state index in [0.717, 1.165) is 50.8 Å². The van der Waals surface area contributed by atoms with Gasteiger partial charge in [0.05, 0.1) is 12.6 Å². The molecule has 1 aliphatic carbocycles. The number of carbonyl (C=O) groups excluding carboxylic acids is 1. The van der Waals surface area contributed by atoms with Crippen molar-refractivity contribution in [2.45, 2.75) is 57.7 Å². The van der Waals surface area contributed by atoms with Crippen molar-refractivity contribution in [1.82, 2.24) is 20.0 Å². The van der Waals surface area contributed by atoms with Crippen molar-refractivity contribution >= 4 is 5.91 Å². The summed E-state index contributed by atoms with van der Waals surface area (Å²) in [6, 6.07) is 10.7. The Morgan fingerprint density at radius 3 is 2.68 bits per heavy atom. The normalized spacial score (nSPS) is 20.7. The second-order valence-corrected chi connectivity index (χ2v) is 7.94. The Hall–Kier alpha value is -2.18. The number of nitrogens with zero attached hydrogens (tertiary/aromatic N) is 3. The Balaban J connectivity index is 1.60. The van der Waals surface area contributed by atoms with E-state index in [0.29, 0.717) is 24.8 Å². The van der Waals surface area contributed by atoms with Gasteiger partial charge in [0.1, 0.15) is 0 Å². The van der Waals surface area contributed by atoms with E-state index in [1.807, 2.05) is 29.8 Å². The monoisotopic (exact) mass is 382 g/mol. The molecular weight excluding hydrogens is 352 g/mol. The molecule has 0 unspecified atom stereocenters. The molecule has 0 saturated carbocycles. The summed E-state index contributed by atoms with van der Waals surface area (Å²) in [5, 5.41) is 17.5. The van der Waals surface area contributed by atoms with Crippen molar-refractivity contribution in [2.75, 3.05) is 19.6 Å². The molecule has 1 aromatic carbocycles. The molecule has 1 amide bonds. The van der Waals surface area contributed by atoms with Gasteiger partial charge in [-0.05, 0) is 44.6 Å². The molecule has 1 saturated heterocycles. The van der Waals surface area contributed by atoms with Crippen LogP contribution in [0.5, 0.6) is 0 Å². The fraction of sp³-hybridized carbons (Fsp3) is 0.545. The maximum atomic E-state index is 12.7. The second-order valence-electron chi connectivity index (χ2n) is 7.94. The molecule has 1 aromatic heterocycles. The van der Waals surface area contributed by atoms with Crippen LogP contribution in [0.4, 0.5) is 0 Å². The molecule has 2 aliphatic rings. The zero-order chi connectivity index (χ0) is 19.5. The molecule has 4 rings (SSSR count). The van der Waals surface area contributed by atoms with Crippen LogP contribution in [0, 0.1) is 0 Å². The van der Waals surface area contributed by atoms with Crippen LogP contribution in [0.2, 0.25) is 0 Å². The number of aliphatic hydroxyl groups excluding tert-OH is 1. The van der Waals surface area contributed by atoms with Gasteiger partial charge in [0.15, 0.2) is 5.69 Å². The Labute approximate surface area is 166 Å². The summed E-state index contributed by atoms with van der Waals surface area (Å²) in [5.41, 5.74) is 4.11. The molecule has 28 heavy (non-hydrogen) atoms. The van der Waals surface area contributed by atoms with Crippen LogP contribution in [0.25, 0.3) is 0 Å². The van der Waals surface area contributed by atoms with Crippen molar-refractivity contribution in [2.24, 2.45) is 0 Å². The number of hydrogen-bond acceptors (Lipinski definition) is 4. The molecule has 0 spiro atoms. The molecule has 1 atom stereocenters. The van der Waals surface area contributed by atoms with Crippen molar-refractivity contribution < 1.29 is 9.90 Å². The van der Waals surface area contributed by atoms with E-state index in [-0.39, 0.29) is 12.0 Å². The summed E-state index contributed by atoms with van der Waals surface area (Å²) in [6.07, 6.45) is 4.43. The lowest BCUT2D eigenvalue weighted by Crippen LogP contribution is -2.45. The van der Waals surface area contributed by atoms with E-state index in [4.69, 9.17) is 5.10 Å². The third-order valence-electron chi connectivity index (χ3n) is 6.06. The van der Waals surface area contributed by atoms with Gasteiger partial charge in [-0.25, -0.2) is 0 Å². The Kier molecular flexibility index (Phi) is 5.78. The summed E-state index contributed by atoms with van der Waals surface area (Å²) in [5.74, 6) is -0.0692. The molecular formula is C22H30N4O2. The lowest BCUT2D eigenvalue weighted by atomic mass is 9.89. The van der Waals surface area contributed by atoms with E-state index in [1.165, 1.54) is 11.3 Å². The van der Waals surface area contributed by atoms with E-state index < -0.39 is 0 Å². The van der Waals surface area contributed by atoms with Crippen LogP contribution in [-0.2, 0) is 19.4 Å². The first kappa shape index (κ1) is 19.2. The van der Waals surface area contributed by atoms with Gasteiger partial charge in [0.25, 0.3) is 5.91 Å². The highest BCUT2D eigenvalue weighted by Gasteiger charge is 2.33. The van der Waals surface area contributed by atoms with E-state index in [2.05, 4.69) is 22.3 Å². The lowest BCUT2D eigenvalue weighted by Gasteiger charge is -2.38. The quantitative estimate of drug-likeness (QED) is 0.830. The van der Waals surface area contributed by atoms with Crippen molar-refractivity contribution in [1.29, 1.82) is 0 Å². The molecule has 2 heterocycles. The van der Waals surface area contributed by atoms with Crippen LogP contribution >= 0.6 is 0 Å². The SMILES string of the molecule is CCNC(=O)c1nn(Cc2ccccc2)c2c1C[C@H](N1CCC(O)CC1)CC2. The minimum atomic E-state index is -0.157. The number of aromatic nitrogens is 2. The smallest absolute Gasteiger partial charge is 0.272 e. The van der Waals surface area contributed by atoms with Crippen molar-refractivity contribution in [3.8, 4) is 0 Å². The largest absolute Gasteiger partial charge is 0.393 e. The number of nitrogens with one attached hydrogen (secondary N) is 1. The number of fused-ring (bicyclic) bond motifs is 1. The summed E-state index contributed by atoms with van der Waals surface area (Å²) in [7, 11) is 0. The van der Waals surface area contributed by atoms with E-state index in [9.17, 15) is 9.90 Å². The second kappa shape index (κ2) is 8.45. The number of carbonyl (C=O) groups is 1. The first-order valence-corrected chi connectivity index (χ1v) is 10.5. The minimum Gasteiger partial charge on any atom is -0.393 e. The van der Waals surface area contributed by atoms with E-state index >= 15 is 0 Å². The highest BCUT2D eigenvalue weighted by molar-refractivity contribution is 5.94. The average Bonchev–Trinajstić information content (AvgIpc) is 3.07. The van der Waals surface area contributed by atoms with E-state index in [1.54, 1.807) is 0 Å². The fourth-order valence-corrected chi connectivity index (χ4v) is 4.55. The Bertz CT molecular complexity index is 809. The highest BCUT2D eigenvalue weighted by Crippen LogP contribution is 2.29. The number of piperidine rings is 1. The summed E-state index contributed by atoms with van der Waals surface area (Å²) >= 11 is 0. The molecule has 1 fully saturated rings. The Morgan fingerprint density at radius 1 is 1.21 bits per heavy atom. The predicted octanol–water partition coefficient (Wildman–Crippen LogP) is 2.00. The number of hydrogen-bond donors (Lipinski definition) is 2. The number of likely N-dealkylation sites (tertiary alicyclic amines) is 1. The summed E-state index contributed by atoms with van der Waals surface area (Å²) < 4.78 is 2.03. The van der Waals surface area contributed by atoms with Crippen LogP contribution in [0.15, 0.2) is 30.3 Å². The maximum Gasteiger partial charge on any atom is 0.272 e. The molecule has 6 nitrogen and oxygen atoms in total. The first-order chi connectivity index (χ1) is 13.7. The summed E-state index contributed by atoms with van der Waals surface area (Å²) in [4.78, 5) is 15.2. The third-order valence-corrected chi connectivity index (χ3v) is 6.06. The topological polar surface area (TPSA) is 70.4 Å². The lowest BCUT2D eigenvalue weighted by molar-refractivity contribution is 0.0568. The van der Waals surface area contributed by atoms with Crippen LogP contribution < -0.4 is 5.32 Å². The van der Waals surface area contributed by atoms with Crippen molar-refractivity contribution in [3.05, 3.63) is 52.8 Å². The summed E-state index contributed by atoms with van der Waals surface area (Å²) in [6.45, 7) is 5.12. The molecule has 2 aromatic rings. The van der Waals surface area contributed by atoms with Crippen LogP contribution in [0.1, 0.15) is 53.5 Å². The van der Waals surface area contributed by atoms with Gasteiger partial charge in [0.2, 0.25) is 0 Å². The number of aliphatic hydroxyl groups is 1. The zero-order valence-corrected chi connectivity index (χ0v) is 16.6. The minimum absolute atomic E-state index is 0.0692. The van der Waals surface area contributed by atoms with Gasteiger partial charge in [-0.3, -0.25) is 14.4 Å².